The van der Waals surface area contributed by atoms with Crippen molar-refractivity contribution in [3.8, 4) is 0 Å². The fraction of sp³-hybridized carbons (Fsp3) is 0.663. The number of carbonyl (C=O) groups excluding carboxylic acids is 4. The maximum Gasteiger partial charge on any atom is 0.472 e. The summed E-state index contributed by atoms with van der Waals surface area (Å²) in [6.45, 7) is 4.52. The SMILES string of the molecule is CC/C=C\C/C=C\C/C=C\C/C=C\C/C=C\C/C=C\CCC(=O)O[C@H](COC(=O)CCCCCCC/C=C\CCCCCC)COP(=O)(O)OC[C@H](O)COP(=O)(O)OC[C@@H](COC(=O)CCC/C=C\C/C=C\C/C=C\C/C=C\CCCCC)OC(=O)CCCCCCC/C=C\CCCCCC. The van der Waals surface area contributed by atoms with E-state index in [1.165, 1.54) is 70.6 Å². The number of hydrogen-bond donors (Lipinski definition) is 3. The lowest BCUT2D eigenvalue weighted by atomic mass is 10.1. The number of hydrogen-bond acceptors (Lipinski definition) is 15. The van der Waals surface area contributed by atoms with Crippen LogP contribution in [-0.2, 0) is 65.4 Å². The van der Waals surface area contributed by atoms with Gasteiger partial charge in [0.25, 0.3) is 0 Å². The molecule has 582 valence electrons. The Labute approximate surface area is 617 Å². The Morgan fingerprint density at radius 3 is 0.912 bits per heavy atom. The molecule has 19 heteroatoms. The zero-order chi connectivity index (χ0) is 74.6. The Kier molecular flexibility index (Phi) is 70.5. The van der Waals surface area contributed by atoms with Crippen LogP contribution in [0.15, 0.2) is 146 Å². The number of carbonyl (C=O) groups is 4. The zero-order valence-corrected chi connectivity index (χ0v) is 65.3. The molecule has 0 aliphatic heterocycles. The maximum absolute atomic E-state index is 13.1. The summed E-state index contributed by atoms with van der Waals surface area (Å²) in [5, 5.41) is 10.6. The van der Waals surface area contributed by atoms with Gasteiger partial charge >= 0.3 is 39.5 Å². The molecular weight excluding hydrogens is 1330 g/mol. The molecule has 102 heavy (non-hydrogen) atoms. The summed E-state index contributed by atoms with van der Waals surface area (Å²) in [6, 6.07) is 0. The number of ether oxygens (including phenoxy) is 4. The maximum atomic E-state index is 13.1. The number of phosphoric acid groups is 2. The van der Waals surface area contributed by atoms with E-state index in [1.54, 1.807) is 0 Å². The molecular formula is C83H138O17P2. The minimum atomic E-state index is -5.00. The van der Waals surface area contributed by atoms with Crippen molar-refractivity contribution in [1.29, 1.82) is 0 Å². The molecule has 3 N–H and O–H groups in total. The summed E-state index contributed by atoms with van der Waals surface area (Å²) in [6.07, 6.45) is 84.3. The molecule has 17 nitrogen and oxygen atoms in total. The van der Waals surface area contributed by atoms with Crippen molar-refractivity contribution in [3.63, 3.8) is 0 Å². The van der Waals surface area contributed by atoms with Crippen molar-refractivity contribution >= 4 is 39.5 Å². The third kappa shape index (κ3) is 73.3. The van der Waals surface area contributed by atoms with Gasteiger partial charge in [0.2, 0.25) is 0 Å². The minimum Gasteiger partial charge on any atom is -0.462 e. The first-order valence-electron chi connectivity index (χ1n) is 39.1. The van der Waals surface area contributed by atoms with Crippen molar-refractivity contribution < 1.29 is 80.2 Å². The highest BCUT2D eigenvalue weighted by atomic mass is 31.2. The monoisotopic (exact) mass is 1470 g/mol. The summed E-state index contributed by atoms with van der Waals surface area (Å²) in [4.78, 5) is 72.9. The van der Waals surface area contributed by atoms with E-state index in [1.807, 2.05) is 30.4 Å². The first kappa shape index (κ1) is 96.9. The number of unbranched alkanes of at least 4 members (excludes halogenated alkanes) is 22. The van der Waals surface area contributed by atoms with E-state index in [4.69, 9.17) is 37.0 Å². The summed E-state index contributed by atoms with van der Waals surface area (Å²) in [7, 11) is -10.0. The Morgan fingerprint density at radius 1 is 0.284 bits per heavy atom. The molecule has 5 atom stereocenters. The molecule has 0 amide bonds. The van der Waals surface area contributed by atoms with Gasteiger partial charge in [-0.2, -0.15) is 0 Å². The topological polar surface area (TPSA) is 237 Å². The molecule has 0 saturated heterocycles. The standard InChI is InChI=1S/C83H138O17P2/c1-5-9-13-17-21-25-29-33-35-37-38-40-42-46-50-54-58-62-66-70-83(88)100-79(73-93-80(85)67-63-59-55-51-47-43-31-27-23-19-15-11-7-3)76-98-102(91,92)96-72-77(84)71-95-101(89,90)97-75-78(99-82(87)69-65-61-57-53-49-44-32-28-24-20-16-12-8-4)74-94-81(86)68-64-60-56-52-48-45-41-39-36-34-30-26-22-18-14-10-6-2/h9,13,21-22,25-28,31-36,38,40-41,45-46,50,52,56,58,62,77-79,84H,5-8,10-12,14-20,23-24,29-30,37,39,42-44,47-49,51,53-55,57,59-61,63-76H2,1-4H3,(H,89,90)(H,91,92)/b13-9-,25-21-,26-22-,31-27-,32-28-,35-33-,36-34-,40-38-,45-41-,50-46-,56-52-,62-58-/t77-,78-,79-/m1/s1. The predicted octanol–water partition coefficient (Wildman–Crippen LogP) is 22.7. The summed E-state index contributed by atoms with van der Waals surface area (Å²) < 4.78 is 68.4. The number of esters is 4. The number of rotatable bonds is 72. The van der Waals surface area contributed by atoms with E-state index in [0.717, 1.165) is 135 Å². The van der Waals surface area contributed by atoms with E-state index >= 15 is 0 Å². The summed E-state index contributed by atoms with van der Waals surface area (Å²) in [5.41, 5.74) is 0. The minimum absolute atomic E-state index is 0.0368. The summed E-state index contributed by atoms with van der Waals surface area (Å²) in [5.74, 6) is -2.36. The van der Waals surface area contributed by atoms with Gasteiger partial charge in [0.1, 0.15) is 19.3 Å². The van der Waals surface area contributed by atoms with E-state index < -0.39 is 97.5 Å². The van der Waals surface area contributed by atoms with Crippen LogP contribution in [0.5, 0.6) is 0 Å². The predicted molar refractivity (Wildman–Crippen MR) is 417 cm³/mol. The first-order chi connectivity index (χ1) is 49.7. The van der Waals surface area contributed by atoms with Gasteiger partial charge in [-0.1, -0.05) is 263 Å². The van der Waals surface area contributed by atoms with E-state index in [2.05, 4.69) is 143 Å². The zero-order valence-electron chi connectivity index (χ0n) is 63.5. The van der Waals surface area contributed by atoms with Crippen LogP contribution in [0.25, 0.3) is 0 Å². The highest BCUT2D eigenvalue weighted by molar-refractivity contribution is 7.47. The van der Waals surface area contributed by atoms with Crippen molar-refractivity contribution in [3.05, 3.63) is 146 Å². The molecule has 0 heterocycles. The molecule has 0 aliphatic rings. The molecule has 0 fully saturated rings. The third-order valence-corrected chi connectivity index (χ3v) is 17.7. The second-order valence-corrected chi connectivity index (χ2v) is 28.5. The molecule has 0 radical (unpaired) electrons. The second kappa shape index (κ2) is 74.2. The van der Waals surface area contributed by atoms with Crippen LogP contribution < -0.4 is 0 Å². The van der Waals surface area contributed by atoms with Crippen molar-refractivity contribution in [2.75, 3.05) is 39.6 Å². The van der Waals surface area contributed by atoms with Gasteiger partial charge in [-0.05, 0) is 154 Å². The molecule has 0 bridgehead atoms. The van der Waals surface area contributed by atoms with Gasteiger partial charge in [0.05, 0.1) is 26.4 Å². The van der Waals surface area contributed by atoms with E-state index in [-0.39, 0.29) is 25.7 Å². The molecule has 0 aromatic rings. The van der Waals surface area contributed by atoms with Crippen LogP contribution >= 0.6 is 15.6 Å². The van der Waals surface area contributed by atoms with Crippen LogP contribution in [0.3, 0.4) is 0 Å². The number of aliphatic hydroxyl groups excluding tert-OH is 1. The number of phosphoric ester groups is 2. The molecule has 0 aromatic carbocycles. The summed E-state index contributed by atoms with van der Waals surface area (Å²) >= 11 is 0. The number of allylic oxidation sites excluding steroid dienone is 24. The van der Waals surface area contributed by atoms with E-state index in [0.29, 0.717) is 38.5 Å². The lowest BCUT2D eigenvalue weighted by molar-refractivity contribution is -0.161. The second-order valence-electron chi connectivity index (χ2n) is 25.6. The van der Waals surface area contributed by atoms with Gasteiger partial charge in [0, 0.05) is 25.7 Å². The highest BCUT2D eigenvalue weighted by Gasteiger charge is 2.30. The van der Waals surface area contributed by atoms with Crippen molar-refractivity contribution in [2.45, 2.75) is 316 Å². The average Bonchev–Trinajstić information content (AvgIpc) is 0.907. The van der Waals surface area contributed by atoms with Crippen LogP contribution in [-0.4, -0.2) is 96.7 Å². The molecule has 0 spiro atoms. The first-order valence-corrected chi connectivity index (χ1v) is 42.1. The lowest BCUT2D eigenvalue weighted by Crippen LogP contribution is -2.30. The Balaban J connectivity index is 5.48. The quantitative estimate of drug-likeness (QED) is 0.0169. The largest absolute Gasteiger partial charge is 0.472 e. The van der Waals surface area contributed by atoms with Gasteiger partial charge in [-0.15, -0.1) is 0 Å². The highest BCUT2D eigenvalue weighted by Crippen LogP contribution is 2.45. The van der Waals surface area contributed by atoms with Crippen LogP contribution in [0.4, 0.5) is 0 Å². The van der Waals surface area contributed by atoms with Gasteiger partial charge < -0.3 is 33.8 Å². The molecule has 0 aromatic heterocycles. The fourth-order valence-corrected chi connectivity index (χ4v) is 11.4. The number of aliphatic hydroxyl groups is 1. The molecule has 0 rings (SSSR count). The van der Waals surface area contributed by atoms with Gasteiger partial charge in [-0.3, -0.25) is 37.3 Å². The normalized spacial score (nSPS) is 14.7. The Bertz CT molecular complexity index is 2510. The Morgan fingerprint density at radius 2 is 0.539 bits per heavy atom. The van der Waals surface area contributed by atoms with Crippen molar-refractivity contribution in [2.24, 2.45) is 0 Å². The van der Waals surface area contributed by atoms with Gasteiger partial charge in [0.15, 0.2) is 12.2 Å². The van der Waals surface area contributed by atoms with Crippen molar-refractivity contribution in [1.82, 2.24) is 0 Å². The third-order valence-electron chi connectivity index (χ3n) is 15.8. The van der Waals surface area contributed by atoms with Crippen LogP contribution in [0.1, 0.15) is 297 Å². The lowest BCUT2D eigenvalue weighted by Gasteiger charge is -2.21. The van der Waals surface area contributed by atoms with Crippen LogP contribution in [0.2, 0.25) is 0 Å². The Hall–Kier alpha value is -5.06. The molecule has 0 saturated carbocycles. The van der Waals surface area contributed by atoms with E-state index in [9.17, 15) is 43.2 Å². The van der Waals surface area contributed by atoms with Gasteiger partial charge in [-0.25, -0.2) is 9.13 Å². The average molecular weight is 1470 g/mol. The molecule has 0 aliphatic carbocycles. The van der Waals surface area contributed by atoms with Crippen LogP contribution in [0, 0.1) is 0 Å². The smallest absolute Gasteiger partial charge is 0.462 e. The fourth-order valence-electron chi connectivity index (χ4n) is 9.81. The molecule has 2 unspecified atom stereocenters.